The molecular weight excluding hydrogens is 1010 g/mol. The molecule has 0 fully saturated rings. The van der Waals surface area contributed by atoms with Crippen LogP contribution in [0.4, 0.5) is 11.4 Å². The number of benzene rings is 2. The fourth-order valence-electron chi connectivity index (χ4n) is 12.3. The van der Waals surface area contributed by atoms with Gasteiger partial charge >= 0.3 is 0 Å². The van der Waals surface area contributed by atoms with Crippen molar-refractivity contribution in [3.05, 3.63) is 96.1 Å². The summed E-state index contributed by atoms with van der Waals surface area (Å²) in [6.45, 7) is 6.93. The third-order valence-corrected chi connectivity index (χ3v) is 18.0. The highest BCUT2D eigenvalue weighted by atomic mass is 14.8. The molecule has 0 saturated heterocycles. The van der Waals surface area contributed by atoms with Crippen LogP contribution >= 0.6 is 0 Å². The van der Waals surface area contributed by atoms with Gasteiger partial charge in [-0.25, -0.2) is 4.99 Å². The van der Waals surface area contributed by atoms with E-state index in [1.165, 1.54) is 345 Å². The van der Waals surface area contributed by atoms with Gasteiger partial charge < -0.3 is 0 Å². The van der Waals surface area contributed by atoms with Crippen molar-refractivity contribution < 1.29 is 0 Å². The van der Waals surface area contributed by atoms with Crippen LogP contribution in [0.15, 0.2) is 95.0 Å². The molecule has 0 radical (unpaired) electrons. The van der Waals surface area contributed by atoms with Crippen molar-refractivity contribution in [3.63, 3.8) is 0 Å². The second-order valence-corrected chi connectivity index (χ2v) is 26.2. The lowest BCUT2D eigenvalue weighted by Gasteiger charge is -2.07. The Morgan fingerprint density at radius 3 is 0.810 bits per heavy atom. The molecule has 2 heteroatoms. The van der Waals surface area contributed by atoms with Gasteiger partial charge in [-0.15, -0.1) is 0 Å². The number of para-hydroxylation sites is 2. The summed E-state index contributed by atoms with van der Waals surface area (Å²) in [4.78, 5) is 10.5. The first kappa shape index (κ1) is 77.1. The Morgan fingerprint density at radius 2 is 0.500 bits per heavy atom. The number of hydrogen-bond donors (Lipinski definition) is 0. The van der Waals surface area contributed by atoms with Crippen molar-refractivity contribution in [2.45, 2.75) is 400 Å². The molecule has 2 aromatic carbocycles. The van der Waals surface area contributed by atoms with E-state index in [9.17, 15) is 0 Å². The highest BCUT2D eigenvalue weighted by Crippen LogP contribution is 2.25. The summed E-state index contributed by atoms with van der Waals surface area (Å²) >= 11 is 0. The fourth-order valence-corrected chi connectivity index (χ4v) is 12.3. The average Bonchev–Trinajstić information content (AvgIpc) is 3.62. The lowest BCUT2D eigenvalue weighted by molar-refractivity contribution is 0.522. The molecule has 0 bridgehead atoms. The maximum Gasteiger partial charge on any atom is 0.0816 e. The molecule has 0 spiro atoms. The van der Waals surface area contributed by atoms with Crippen molar-refractivity contribution in [3.8, 4) is 0 Å². The van der Waals surface area contributed by atoms with E-state index in [0.29, 0.717) is 0 Å². The van der Waals surface area contributed by atoms with E-state index < -0.39 is 0 Å². The normalized spacial score (nSPS) is 12.3. The number of hydrogen-bond acceptors (Lipinski definition) is 2. The second kappa shape index (κ2) is 64.5. The van der Waals surface area contributed by atoms with Gasteiger partial charge in [0.05, 0.1) is 23.3 Å². The molecule has 0 heterocycles. The topological polar surface area (TPSA) is 24.7 Å². The van der Waals surface area contributed by atoms with Crippen molar-refractivity contribution in [2.24, 2.45) is 9.98 Å². The summed E-state index contributed by atoms with van der Waals surface area (Å²) in [7, 11) is 0. The average molecular weight is 1160 g/mol. The first-order chi connectivity index (χ1) is 41.8. The Kier molecular flexibility index (Phi) is 59.2. The SMILES string of the molecule is CCCCCCCCCCCCCCCCC/C=C/CCCc1ccccc1N=CC(/C=C/CCCCCCCCCCCCCCCCCCCCCC)=Nc1ccccc1CCC/C=C/CCCCCCCCCCCCCCCCC. The van der Waals surface area contributed by atoms with Gasteiger partial charge in [0.15, 0.2) is 0 Å². The standard InChI is InChI=1S/C82H142N2/c1-4-7-10-13-16-19-22-25-28-31-34-37-38-41-44-47-50-53-56-59-62-65-74-80(84-82-76-69-67-73-79(82)71-64-61-58-55-52-49-46-43-40-36-33-30-27-24-21-18-15-12-9-6-3)77-83-81-75-68-66-72-78(81)70-63-60-57-54-51-48-45-42-39-35-32-29-26-23-20-17-14-11-8-5-2/h54-55,57-58,65-69,72-77H,4-53,56,59-64,70-71H2,1-3H3/b57-54+,58-55+,74-65+,83-77?,84-80?. The fraction of sp³-hybridized carbons (Fsp3) is 0.756. The van der Waals surface area contributed by atoms with Crippen LogP contribution in [0.25, 0.3) is 0 Å². The molecule has 2 nitrogen and oxygen atoms in total. The van der Waals surface area contributed by atoms with E-state index in [-0.39, 0.29) is 0 Å². The summed E-state index contributed by atoms with van der Waals surface area (Å²) in [6.07, 6.45) is 97.9. The molecule has 2 rings (SSSR count). The monoisotopic (exact) mass is 1160 g/mol. The molecule has 0 atom stereocenters. The number of allylic oxidation sites excluding steroid dienone is 6. The minimum atomic E-state index is 0.954. The van der Waals surface area contributed by atoms with Crippen LogP contribution in [0, 0.1) is 0 Å². The van der Waals surface area contributed by atoms with Crippen LogP contribution in [-0.2, 0) is 12.8 Å². The Balaban J connectivity index is 1.79. The van der Waals surface area contributed by atoms with Crippen molar-refractivity contribution in [1.29, 1.82) is 0 Å². The first-order valence-electron chi connectivity index (χ1n) is 38.0. The maximum atomic E-state index is 5.34. The van der Waals surface area contributed by atoms with Gasteiger partial charge in [-0.05, 0) is 106 Å². The number of rotatable bonds is 65. The maximum absolute atomic E-state index is 5.34. The summed E-state index contributed by atoms with van der Waals surface area (Å²) in [5.74, 6) is 0. The zero-order chi connectivity index (χ0) is 59.6. The Bertz CT molecular complexity index is 1790. The van der Waals surface area contributed by atoms with E-state index in [4.69, 9.17) is 9.98 Å². The predicted molar refractivity (Wildman–Crippen MR) is 383 cm³/mol. The zero-order valence-corrected chi connectivity index (χ0v) is 56.8. The molecule has 84 heavy (non-hydrogen) atoms. The molecule has 0 unspecified atom stereocenters. The zero-order valence-electron chi connectivity index (χ0n) is 56.8. The Hall–Kier alpha value is -3.00. The minimum absolute atomic E-state index is 0.954. The molecule has 0 amide bonds. The van der Waals surface area contributed by atoms with Crippen molar-refractivity contribution >= 4 is 23.3 Å². The smallest absolute Gasteiger partial charge is 0.0816 e. The molecule has 2 aromatic rings. The van der Waals surface area contributed by atoms with Gasteiger partial charge in [-0.1, -0.05) is 389 Å². The summed E-state index contributed by atoms with van der Waals surface area (Å²) < 4.78 is 0. The van der Waals surface area contributed by atoms with Crippen molar-refractivity contribution in [2.75, 3.05) is 0 Å². The van der Waals surface area contributed by atoms with Gasteiger partial charge in [-0.2, -0.15) is 0 Å². The van der Waals surface area contributed by atoms with E-state index in [1.54, 1.807) is 0 Å². The molecule has 0 aliphatic rings. The highest BCUT2D eigenvalue weighted by Gasteiger charge is 2.05. The molecule has 480 valence electrons. The summed E-state index contributed by atoms with van der Waals surface area (Å²) in [5.41, 5.74) is 5.81. The lowest BCUT2D eigenvalue weighted by Crippen LogP contribution is -1.97. The van der Waals surface area contributed by atoms with E-state index in [1.807, 2.05) is 6.21 Å². The van der Waals surface area contributed by atoms with Crippen LogP contribution in [0.3, 0.4) is 0 Å². The largest absolute Gasteiger partial charge is 0.254 e. The second-order valence-electron chi connectivity index (χ2n) is 26.2. The van der Waals surface area contributed by atoms with Gasteiger partial charge in [0.25, 0.3) is 0 Å². The third-order valence-electron chi connectivity index (χ3n) is 18.0. The summed E-state index contributed by atoms with van der Waals surface area (Å²) in [5, 5.41) is 0. The molecule has 0 aliphatic carbocycles. The Morgan fingerprint density at radius 1 is 0.262 bits per heavy atom. The number of aryl methyl sites for hydroxylation is 2. The number of unbranched alkanes of at least 4 members (excludes halogenated alkanes) is 52. The van der Waals surface area contributed by atoms with Crippen LogP contribution in [0.5, 0.6) is 0 Å². The Labute approximate surface area is 526 Å². The minimum Gasteiger partial charge on any atom is -0.254 e. The third kappa shape index (κ3) is 52.2. The van der Waals surface area contributed by atoms with E-state index in [0.717, 1.165) is 62.0 Å². The highest BCUT2D eigenvalue weighted by molar-refractivity contribution is 6.36. The summed E-state index contributed by atoms with van der Waals surface area (Å²) in [6, 6.07) is 17.7. The van der Waals surface area contributed by atoms with Crippen LogP contribution in [0.1, 0.15) is 398 Å². The lowest BCUT2D eigenvalue weighted by atomic mass is 10.0. The van der Waals surface area contributed by atoms with Crippen LogP contribution < -0.4 is 0 Å². The predicted octanol–water partition coefficient (Wildman–Crippen LogP) is 29.2. The molecular formula is C82H142N2. The van der Waals surface area contributed by atoms with Gasteiger partial charge in [-0.3, -0.25) is 4.99 Å². The van der Waals surface area contributed by atoms with Crippen LogP contribution in [-0.4, -0.2) is 11.9 Å². The van der Waals surface area contributed by atoms with Crippen LogP contribution in [0.2, 0.25) is 0 Å². The first-order valence-corrected chi connectivity index (χ1v) is 38.0. The van der Waals surface area contributed by atoms with E-state index in [2.05, 4.69) is 106 Å². The van der Waals surface area contributed by atoms with Gasteiger partial charge in [0.2, 0.25) is 0 Å². The number of nitrogens with zero attached hydrogens (tertiary/aromatic N) is 2. The van der Waals surface area contributed by atoms with E-state index >= 15 is 0 Å². The quantitative estimate of drug-likeness (QED) is 0.0358. The molecule has 0 saturated carbocycles. The number of aliphatic imine (C=N–C) groups is 2. The van der Waals surface area contributed by atoms with Gasteiger partial charge in [0.1, 0.15) is 0 Å². The van der Waals surface area contributed by atoms with Crippen molar-refractivity contribution in [1.82, 2.24) is 0 Å². The molecule has 0 aliphatic heterocycles. The molecule has 0 N–H and O–H groups in total. The molecule has 0 aromatic heterocycles. The van der Waals surface area contributed by atoms with Gasteiger partial charge in [0, 0.05) is 0 Å².